The van der Waals surface area contributed by atoms with E-state index in [-0.39, 0.29) is 11.6 Å². The molecule has 4 aromatic rings. The molecule has 33 heavy (non-hydrogen) atoms. The van der Waals surface area contributed by atoms with E-state index < -0.39 is 11.4 Å². The van der Waals surface area contributed by atoms with Crippen molar-refractivity contribution >= 4 is 57.1 Å². The predicted octanol–water partition coefficient (Wildman–Crippen LogP) is 3.40. The Labute approximate surface area is 197 Å². The number of halogens is 1. The summed E-state index contributed by atoms with van der Waals surface area (Å²) in [5.74, 6) is -0.531. The third-order valence-electron chi connectivity index (χ3n) is 5.79. The van der Waals surface area contributed by atoms with Gasteiger partial charge in [0.2, 0.25) is 5.43 Å². The molecule has 0 saturated carbocycles. The first kappa shape index (κ1) is 21.7. The third kappa shape index (κ3) is 3.84. The summed E-state index contributed by atoms with van der Waals surface area (Å²) in [4.78, 5) is 42.4. The summed E-state index contributed by atoms with van der Waals surface area (Å²) in [6.45, 7) is 3.48. The zero-order valence-electron chi connectivity index (χ0n) is 17.7. The van der Waals surface area contributed by atoms with Gasteiger partial charge in [0.1, 0.15) is 17.0 Å². The van der Waals surface area contributed by atoms with Crippen LogP contribution in [0.5, 0.6) is 0 Å². The maximum Gasteiger partial charge on any atom is 0.341 e. The van der Waals surface area contributed by atoms with Crippen LogP contribution >= 0.6 is 23.4 Å². The van der Waals surface area contributed by atoms with Crippen LogP contribution in [0, 0.1) is 0 Å². The Morgan fingerprint density at radius 2 is 2.21 bits per heavy atom. The number of carboxylic acids is 1. The number of nitrogens with zero attached hydrogens (tertiary/aromatic N) is 3. The van der Waals surface area contributed by atoms with Crippen molar-refractivity contribution < 1.29 is 9.90 Å². The van der Waals surface area contributed by atoms with Gasteiger partial charge in [-0.2, -0.15) is 0 Å². The molecule has 0 amide bonds. The zero-order valence-corrected chi connectivity index (χ0v) is 19.3. The molecule has 170 valence electrons. The first-order chi connectivity index (χ1) is 15.9. The summed E-state index contributed by atoms with van der Waals surface area (Å²) in [6.07, 6.45) is 2.82. The van der Waals surface area contributed by atoms with Gasteiger partial charge in [-0.05, 0) is 42.8 Å². The van der Waals surface area contributed by atoms with Gasteiger partial charge in [-0.3, -0.25) is 4.79 Å². The maximum atomic E-state index is 12.6. The fourth-order valence-electron chi connectivity index (χ4n) is 4.09. The maximum absolute atomic E-state index is 12.6. The molecule has 9 nitrogen and oxygen atoms in total. The summed E-state index contributed by atoms with van der Waals surface area (Å²) in [5.41, 5.74) is 7.39. The minimum Gasteiger partial charge on any atom is -0.477 e. The number of aromatic nitrogens is 4. The Kier molecular flexibility index (Phi) is 5.51. The van der Waals surface area contributed by atoms with E-state index in [1.807, 2.05) is 13.0 Å². The molecular formula is C22H21ClN6O3S. The lowest BCUT2D eigenvalue weighted by molar-refractivity contribution is 0.0695. The number of aryl methyl sites for hydroxylation is 1. The standard InChI is InChI=1S/C22H21ClN6O3S/c1-2-14-17(23)16-19(26-14)27-22(28-20(16)29-6-5-10(24)9-29)33-11-3-4-15-12(7-11)18(30)13(8-25-15)21(31)32/h3-4,7-8,10H,2,5-6,9,24H2,1H3,(H,25,30)(H,31,32)(H,26,27,28)/t10-/m0/s1. The molecule has 1 aliphatic heterocycles. The summed E-state index contributed by atoms with van der Waals surface area (Å²) >= 11 is 7.94. The predicted molar refractivity (Wildman–Crippen MR) is 129 cm³/mol. The van der Waals surface area contributed by atoms with E-state index in [9.17, 15) is 14.7 Å². The van der Waals surface area contributed by atoms with Crippen LogP contribution in [-0.2, 0) is 6.42 Å². The van der Waals surface area contributed by atoms with Crippen LogP contribution in [0.4, 0.5) is 5.82 Å². The second kappa shape index (κ2) is 8.36. The summed E-state index contributed by atoms with van der Waals surface area (Å²) in [7, 11) is 0. The second-order valence-electron chi connectivity index (χ2n) is 7.97. The van der Waals surface area contributed by atoms with E-state index in [0.717, 1.165) is 36.3 Å². The summed E-state index contributed by atoms with van der Waals surface area (Å²) < 4.78 is 0. The number of nitrogens with two attached hydrogens (primary N) is 1. The number of hydrogen-bond acceptors (Lipinski definition) is 7. The van der Waals surface area contributed by atoms with E-state index in [0.29, 0.717) is 38.2 Å². The Bertz CT molecular complexity index is 1470. The second-order valence-corrected chi connectivity index (χ2v) is 9.38. The number of H-pyrrole nitrogens is 2. The summed E-state index contributed by atoms with van der Waals surface area (Å²) in [6, 6.07) is 5.31. The van der Waals surface area contributed by atoms with Gasteiger partial charge < -0.3 is 25.7 Å². The molecule has 1 aliphatic rings. The topological polar surface area (TPSA) is 141 Å². The van der Waals surface area contributed by atoms with Gasteiger partial charge in [0, 0.05) is 46.8 Å². The van der Waals surface area contributed by atoms with Crippen LogP contribution in [0.15, 0.2) is 39.2 Å². The van der Waals surface area contributed by atoms with Gasteiger partial charge in [0.25, 0.3) is 0 Å². The largest absolute Gasteiger partial charge is 0.477 e. The highest BCUT2D eigenvalue weighted by molar-refractivity contribution is 7.99. The van der Waals surface area contributed by atoms with Crippen molar-refractivity contribution in [3.8, 4) is 0 Å². The van der Waals surface area contributed by atoms with Crippen LogP contribution in [0.25, 0.3) is 21.9 Å². The van der Waals surface area contributed by atoms with Gasteiger partial charge in [-0.25, -0.2) is 14.8 Å². The Morgan fingerprint density at radius 1 is 1.39 bits per heavy atom. The van der Waals surface area contributed by atoms with Crippen molar-refractivity contribution in [3.63, 3.8) is 0 Å². The van der Waals surface area contributed by atoms with Crippen LogP contribution in [-0.4, -0.2) is 50.1 Å². The molecule has 5 N–H and O–H groups in total. The molecule has 1 saturated heterocycles. The number of fused-ring (bicyclic) bond motifs is 2. The molecule has 0 bridgehead atoms. The third-order valence-corrected chi connectivity index (χ3v) is 7.06. The number of rotatable bonds is 5. The highest BCUT2D eigenvalue weighted by atomic mass is 35.5. The minimum absolute atomic E-state index is 0.0742. The van der Waals surface area contributed by atoms with Gasteiger partial charge in [-0.15, -0.1) is 0 Å². The van der Waals surface area contributed by atoms with Gasteiger partial charge in [0.15, 0.2) is 5.16 Å². The molecule has 4 heterocycles. The molecule has 0 unspecified atom stereocenters. The molecule has 1 fully saturated rings. The highest BCUT2D eigenvalue weighted by Gasteiger charge is 2.26. The smallest absolute Gasteiger partial charge is 0.341 e. The zero-order chi connectivity index (χ0) is 23.3. The van der Waals surface area contributed by atoms with E-state index in [2.05, 4.69) is 19.9 Å². The number of benzene rings is 1. The van der Waals surface area contributed by atoms with Crippen molar-refractivity contribution in [2.45, 2.75) is 35.9 Å². The fraction of sp³-hybridized carbons (Fsp3) is 0.273. The van der Waals surface area contributed by atoms with Gasteiger partial charge in [-0.1, -0.05) is 18.5 Å². The number of carbonyl (C=O) groups is 1. The van der Waals surface area contributed by atoms with E-state index in [1.54, 1.807) is 12.1 Å². The Morgan fingerprint density at radius 3 is 2.91 bits per heavy atom. The Balaban J connectivity index is 1.60. The number of aromatic carboxylic acids is 1. The van der Waals surface area contributed by atoms with Crippen LogP contribution in [0.2, 0.25) is 5.02 Å². The van der Waals surface area contributed by atoms with Crippen molar-refractivity contribution in [3.05, 3.63) is 50.9 Å². The SMILES string of the molecule is CCc1[nH]c2nc(Sc3ccc4[nH]cc(C(=O)O)c(=O)c4c3)nc(N3CC[C@H](N)C3)c2c1Cl. The van der Waals surface area contributed by atoms with E-state index in [1.165, 1.54) is 18.0 Å². The molecule has 3 aromatic heterocycles. The molecule has 11 heteroatoms. The number of nitrogens with one attached hydrogen (secondary N) is 2. The lowest BCUT2D eigenvalue weighted by Crippen LogP contribution is -2.27. The highest BCUT2D eigenvalue weighted by Crippen LogP contribution is 2.37. The fourth-order valence-corrected chi connectivity index (χ4v) is 5.24. The average Bonchev–Trinajstić information content (AvgIpc) is 3.36. The normalized spacial score (nSPS) is 16.2. The van der Waals surface area contributed by atoms with Crippen molar-refractivity contribution in [1.82, 2.24) is 19.9 Å². The number of pyridine rings is 1. The average molecular weight is 485 g/mol. The molecular weight excluding hydrogens is 464 g/mol. The lowest BCUT2D eigenvalue weighted by atomic mass is 10.1. The molecule has 0 spiro atoms. The van der Waals surface area contributed by atoms with Crippen molar-refractivity contribution in [1.29, 1.82) is 0 Å². The van der Waals surface area contributed by atoms with Crippen LogP contribution < -0.4 is 16.1 Å². The lowest BCUT2D eigenvalue weighted by Gasteiger charge is -2.18. The van der Waals surface area contributed by atoms with E-state index in [4.69, 9.17) is 22.3 Å². The summed E-state index contributed by atoms with van der Waals surface area (Å²) in [5, 5.41) is 11.4. The number of hydrogen-bond donors (Lipinski definition) is 4. The Hall–Kier alpha value is -3.08. The van der Waals surface area contributed by atoms with E-state index >= 15 is 0 Å². The van der Waals surface area contributed by atoms with Gasteiger partial charge >= 0.3 is 5.97 Å². The van der Waals surface area contributed by atoms with Crippen molar-refractivity contribution in [2.75, 3.05) is 18.0 Å². The monoisotopic (exact) mass is 484 g/mol. The first-order valence-electron chi connectivity index (χ1n) is 10.5. The number of aromatic amines is 2. The molecule has 1 aromatic carbocycles. The quantitative estimate of drug-likeness (QED) is 0.316. The van der Waals surface area contributed by atoms with Crippen LogP contribution in [0.3, 0.4) is 0 Å². The molecule has 0 radical (unpaired) electrons. The van der Waals surface area contributed by atoms with Crippen molar-refractivity contribution in [2.24, 2.45) is 5.73 Å². The molecule has 5 rings (SSSR count). The molecule has 0 aliphatic carbocycles. The number of carboxylic acid groups (broad SMARTS) is 1. The van der Waals surface area contributed by atoms with Gasteiger partial charge in [0.05, 0.1) is 10.4 Å². The minimum atomic E-state index is -1.27. The number of anilines is 1. The molecule has 1 atom stereocenters. The van der Waals surface area contributed by atoms with Crippen LogP contribution in [0.1, 0.15) is 29.4 Å². The first-order valence-corrected chi connectivity index (χ1v) is 11.7.